The van der Waals surface area contributed by atoms with Gasteiger partial charge in [0.25, 0.3) is 0 Å². The molecule has 0 N–H and O–H groups in total. The van der Waals surface area contributed by atoms with Gasteiger partial charge in [0.15, 0.2) is 0 Å². The number of halogens is 2. The highest BCUT2D eigenvalue weighted by molar-refractivity contribution is 4.59. The molecule has 0 aliphatic rings. The van der Waals surface area contributed by atoms with E-state index in [1.54, 1.807) is 0 Å². The summed E-state index contributed by atoms with van der Waals surface area (Å²) in [5.74, 6) is 0.607. The Balaban J connectivity index is 3.59. The Kier molecular flexibility index (Phi) is 7.14. The first-order chi connectivity index (χ1) is 6.10. The van der Waals surface area contributed by atoms with Crippen LogP contribution in [0.5, 0.6) is 0 Å². The molecule has 0 aliphatic carbocycles. The van der Waals surface area contributed by atoms with Gasteiger partial charge in [-0.15, -0.1) is 0 Å². The number of hydrogen-bond acceptors (Lipinski definition) is 1. The van der Waals surface area contributed by atoms with Gasteiger partial charge in [0.1, 0.15) is 0 Å². The minimum absolute atomic E-state index is 0.269. The van der Waals surface area contributed by atoms with Crippen molar-refractivity contribution >= 4 is 0 Å². The van der Waals surface area contributed by atoms with Gasteiger partial charge in [0, 0.05) is 0 Å². The Morgan fingerprint density at radius 2 is 1.69 bits per heavy atom. The topological polar surface area (TPSA) is 9.23 Å². The molecule has 80 valence electrons. The van der Waals surface area contributed by atoms with Crippen molar-refractivity contribution in [3.05, 3.63) is 0 Å². The Hall–Kier alpha value is -0.180. The van der Waals surface area contributed by atoms with E-state index in [0.717, 1.165) is 19.3 Å². The summed E-state index contributed by atoms with van der Waals surface area (Å²) in [6, 6.07) is 0. The van der Waals surface area contributed by atoms with Crippen LogP contribution in [0.25, 0.3) is 0 Å². The fraction of sp³-hybridized carbons (Fsp3) is 1.00. The highest BCUT2D eigenvalue weighted by Gasteiger charge is 2.13. The van der Waals surface area contributed by atoms with Crippen molar-refractivity contribution in [2.45, 2.75) is 59.2 Å². The standard InChI is InChI=1S/C10H20F2O/c1-4-8(3)6-7-9(5-2)13-10(11)12/h8-10H,4-7H2,1-3H3. The summed E-state index contributed by atoms with van der Waals surface area (Å²) in [4.78, 5) is 0. The van der Waals surface area contributed by atoms with E-state index in [2.05, 4.69) is 18.6 Å². The van der Waals surface area contributed by atoms with E-state index in [0.29, 0.717) is 12.3 Å². The van der Waals surface area contributed by atoms with Crippen LogP contribution in [0.4, 0.5) is 8.78 Å². The maximum absolute atomic E-state index is 11.9. The SMILES string of the molecule is CCC(C)CCC(CC)OC(F)F. The van der Waals surface area contributed by atoms with Crippen LogP contribution in [-0.4, -0.2) is 12.7 Å². The summed E-state index contributed by atoms with van der Waals surface area (Å²) in [5, 5.41) is 0. The van der Waals surface area contributed by atoms with Gasteiger partial charge in [-0.3, -0.25) is 0 Å². The molecule has 0 saturated heterocycles. The van der Waals surface area contributed by atoms with Crippen molar-refractivity contribution in [1.29, 1.82) is 0 Å². The number of ether oxygens (including phenoxy) is 1. The number of hydrogen-bond donors (Lipinski definition) is 0. The maximum Gasteiger partial charge on any atom is 0.345 e. The van der Waals surface area contributed by atoms with E-state index in [9.17, 15) is 8.78 Å². The Labute approximate surface area is 79.5 Å². The van der Waals surface area contributed by atoms with Crippen molar-refractivity contribution in [2.75, 3.05) is 0 Å². The zero-order valence-corrected chi connectivity index (χ0v) is 8.72. The summed E-state index contributed by atoms with van der Waals surface area (Å²) in [6.07, 6.45) is 3.22. The van der Waals surface area contributed by atoms with Gasteiger partial charge >= 0.3 is 6.61 Å². The first-order valence-electron chi connectivity index (χ1n) is 5.03. The third kappa shape index (κ3) is 6.94. The Bertz CT molecular complexity index is 117. The lowest BCUT2D eigenvalue weighted by atomic mass is 10.00. The molecule has 2 atom stereocenters. The van der Waals surface area contributed by atoms with Crippen LogP contribution >= 0.6 is 0 Å². The van der Waals surface area contributed by atoms with Crippen LogP contribution in [0.1, 0.15) is 46.5 Å². The molecule has 0 aromatic rings. The van der Waals surface area contributed by atoms with Crippen LogP contribution in [0.15, 0.2) is 0 Å². The average Bonchev–Trinajstić information content (AvgIpc) is 2.10. The molecule has 1 nitrogen and oxygen atoms in total. The summed E-state index contributed by atoms with van der Waals surface area (Å²) in [6.45, 7) is 3.50. The predicted octanol–water partition coefficient (Wildman–Crippen LogP) is 3.83. The molecule has 0 aromatic heterocycles. The second kappa shape index (κ2) is 7.25. The molecule has 0 fully saturated rings. The van der Waals surface area contributed by atoms with Crippen molar-refractivity contribution < 1.29 is 13.5 Å². The molecule has 13 heavy (non-hydrogen) atoms. The van der Waals surface area contributed by atoms with E-state index < -0.39 is 6.61 Å². The van der Waals surface area contributed by atoms with Gasteiger partial charge in [-0.05, 0) is 25.2 Å². The molecule has 0 saturated carbocycles. The van der Waals surface area contributed by atoms with Crippen LogP contribution in [0, 0.1) is 5.92 Å². The fourth-order valence-corrected chi connectivity index (χ4v) is 1.19. The molecule has 0 rings (SSSR count). The largest absolute Gasteiger partial charge is 0.345 e. The zero-order valence-electron chi connectivity index (χ0n) is 8.72. The highest BCUT2D eigenvalue weighted by atomic mass is 19.3. The van der Waals surface area contributed by atoms with Crippen LogP contribution < -0.4 is 0 Å². The van der Waals surface area contributed by atoms with Gasteiger partial charge in [-0.1, -0.05) is 27.2 Å². The van der Waals surface area contributed by atoms with Crippen molar-refractivity contribution in [1.82, 2.24) is 0 Å². The first kappa shape index (κ1) is 12.8. The molecule has 0 aliphatic heterocycles. The molecular formula is C10H20F2O. The van der Waals surface area contributed by atoms with Gasteiger partial charge in [0.2, 0.25) is 0 Å². The summed E-state index contributed by atoms with van der Waals surface area (Å²) < 4.78 is 28.2. The lowest BCUT2D eigenvalue weighted by molar-refractivity contribution is -0.165. The minimum atomic E-state index is -2.62. The molecule has 0 radical (unpaired) electrons. The predicted molar refractivity (Wildman–Crippen MR) is 49.9 cm³/mol. The van der Waals surface area contributed by atoms with Gasteiger partial charge in [0.05, 0.1) is 6.10 Å². The number of alkyl halides is 2. The average molecular weight is 194 g/mol. The zero-order chi connectivity index (χ0) is 10.3. The van der Waals surface area contributed by atoms with E-state index in [1.807, 2.05) is 6.92 Å². The van der Waals surface area contributed by atoms with Gasteiger partial charge in [-0.25, -0.2) is 0 Å². The van der Waals surface area contributed by atoms with Crippen molar-refractivity contribution in [2.24, 2.45) is 5.92 Å². The van der Waals surface area contributed by atoms with Crippen LogP contribution in [0.2, 0.25) is 0 Å². The molecule has 0 bridgehead atoms. The normalized spacial score (nSPS) is 16.2. The summed E-state index contributed by atoms with van der Waals surface area (Å²) in [7, 11) is 0. The monoisotopic (exact) mass is 194 g/mol. The maximum atomic E-state index is 11.9. The van der Waals surface area contributed by atoms with E-state index in [1.165, 1.54) is 0 Å². The lowest BCUT2D eigenvalue weighted by Gasteiger charge is -2.17. The molecule has 3 heteroatoms. The van der Waals surface area contributed by atoms with Crippen molar-refractivity contribution in [3.8, 4) is 0 Å². The molecule has 0 amide bonds. The summed E-state index contributed by atoms with van der Waals surface area (Å²) >= 11 is 0. The summed E-state index contributed by atoms with van der Waals surface area (Å²) in [5.41, 5.74) is 0. The number of rotatable bonds is 7. The molecule has 0 heterocycles. The van der Waals surface area contributed by atoms with Gasteiger partial charge in [-0.2, -0.15) is 8.78 Å². The minimum Gasteiger partial charge on any atom is -0.320 e. The molecule has 0 aromatic carbocycles. The van der Waals surface area contributed by atoms with E-state index in [4.69, 9.17) is 0 Å². The third-order valence-electron chi connectivity index (χ3n) is 2.43. The van der Waals surface area contributed by atoms with Crippen LogP contribution in [0.3, 0.4) is 0 Å². The van der Waals surface area contributed by atoms with Crippen LogP contribution in [-0.2, 0) is 4.74 Å². The third-order valence-corrected chi connectivity index (χ3v) is 2.43. The molecule has 0 spiro atoms. The quantitative estimate of drug-likeness (QED) is 0.598. The van der Waals surface area contributed by atoms with Crippen molar-refractivity contribution in [3.63, 3.8) is 0 Å². The highest BCUT2D eigenvalue weighted by Crippen LogP contribution is 2.16. The fourth-order valence-electron chi connectivity index (χ4n) is 1.19. The van der Waals surface area contributed by atoms with E-state index in [-0.39, 0.29) is 6.10 Å². The van der Waals surface area contributed by atoms with Gasteiger partial charge < -0.3 is 4.74 Å². The second-order valence-electron chi connectivity index (χ2n) is 3.52. The second-order valence-corrected chi connectivity index (χ2v) is 3.52. The Morgan fingerprint density at radius 1 is 1.08 bits per heavy atom. The molecular weight excluding hydrogens is 174 g/mol. The Morgan fingerprint density at radius 3 is 2.08 bits per heavy atom. The lowest BCUT2D eigenvalue weighted by Crippen LogP contribution is -2.16. The van der Waals surface area contributed by atoms with E-state index >= 15 is 0 Å². The molecule has 2 unspecified atom stereocenters. The first-order valence-corrected chi connectivity index (χ1v) is 5.03. The smallest absolute Gasteiger partial charge is 0.320 e.